The first-order valence-corrected chi connectivity index (χ1v) is 10.1. The molecule has 0 unspecified atom stereocenters. The van der Waals surface area contributed by atoms with Crippen molar-refractivity contribution in [3.63, 3.8) is 0 Å². The van der Waals surface area contributed by atoms with Gasteiger partial charge in [0.1, 0.15) is 0 Å². The maximum Gasteiger partial charge on any atom is 0.253 e. The van der Waals surface area contributed by atoms with Crippen LogP contribution in [-0.2, 0) is 11.2 Å². The lowest BCUT2D eigenvalue weighted by Crippen LogP contribution is -2.32. The Labute approximate surface area is 167 Å². The predicted octanol–water partition coefficient (Wildman–Crippen LogP) is 3.95. The van der Waals surface area contributed by atoms with E-state index in [-0.39, 0.29) is 11.8 Å². The van der Waals surface area contributed by atoms with Crippen molar-refractivity contribution in [3.8, 4) is 0 Å². The molecule has 148 valence electrons. The van der Waals surface area contributed by atoms with Gasteiger partial charge in [-0.15, -0.1) is 0 Å². The smallest absolute Gasteiger partial charge is 0.253 e. The van der Waals surface area contributed by atoms with E-state index in [2.05, 4.69) is 36.2 Å². The van der Waals surface area contributed by atoms with Gasteiger partial charge in [0.25, 0.3) is 5.91 Å². The fourth-order valence-electron chi connectivity index (χ4n) is 3.68. The molecule has 2 aromatic carbocycles. The minimum Gasteiger partial charge on any atom is -0.362 e. The van der Waals surface area contributed by atoms with E-state index in [1.807, 2.05) is 17.0 Å². The van der Waals surface area contributed by atoms with Gasteiger partial charge >= 0.3 is 0 Å². The van der Waals surface area contributed by atoms with E-state index in [4.69, 9.17) is 0 Å². The first kappa shape index (κ1) is 19.9. The lowest BCUT2D eigenvalue weighted by Gasteiger charge is -2.21. The molecular formula is C23H29N3O2. The minimum absolute atomic E-state index is 0.0469. The van der Waals surface area contributed by atoms with Gasteiger partial charge in [0.2, 0.25) is 5.91 Å². The molecule has 0 spiro atoms. The summed E-state index contributed by atoms with van der Waals surface area (Å²) in [5.74, 6) is 0.00428. The summed E-state index contributed by atoms with van der Waals surface area (Å²) >= 11 is 0. The normalized spacial score (nSPS) is 12.6. The highest BCUT2D eigenvalue weighted by atomic mass is 16.2. The first-order valence-electron chi connectivity index (χ1n) is 10.1. The number of benzene rings is 2. The number of para-hydroxylation sites is 1. The van der Waals surface area contributed by atoms with Crippen LogP contribution in [0.5, 0.6) is 0 Å². The van der Waals surface area contributed by atoms with Crippen LogP contribution in [0.1, 0.15) is 42.6 Å². The molecule has 2 amide bonds. The Morgan fingerprint density at radius 1 is 1.00 bits per heavy atom. The van der Waals surface area contributed by atoms with Gasteiger partial charge in [-0.05, 0) is 55.2 Å². The van der Waals surface area contributed by atoms with E-state index in [0.717, 1.165) is 44.6 Å². The van der Waals surface area contributed by atoms with Crippen molar-refractivity contribution in [2.24, 2.45) is 0 Å². The number of carbonyl (C=O) groups excluding carboxylic acids is 2. The van der Waals surface area contributed by atoms with Gasteiger partial charge < -0.3 is 15.1 Å². The Hall–Kier alpha value is -2.82. The summed E-state index contributed by atoms with van der Waals surface area (Å²) in [5, 5.41) is 2.94. The van der Waals surface area contributed by atoms with Gasteiger partial charge in [-0.3, -0.25) is 9.59 Å². The van der Waals surface area contributed by atoms with Crippen molar-refractivity contribution in [3.05, 3.63) is 59.7 Å². The maximum atomic E-state index is 12.6. The number of amides is 2. The number of anilines is 2. The predicted molar refractivity (Wildman–Crippen MR) is 114 cm³/mol. The summed E-state index contributed by atoms with van der Waals surface area (Å²) in [6.45, 7) is 6.88. The molecule has 5 nitrogen and oxygen atoms in total. The van der Waals surface area contributed by atoms with Gasteiger partial charge in [-0.1, -0.05) is 32.0 Å². The number of fused-ring (bicyclic) bond motifs is 1. The fourth-order valence-corrected chi connectivity index (χ4v) is 3.68. The summed E-state index contributed by atoms with van der Waals surface area (Å²) in [4.78, 5) is 29.1. The Kier molecular flexibility index (Phi) is 6.69. The van der Waals surface area contributed by atoms with Crippen LogP contribution >= 0.6 is 0 Å². The molecule has 0 bridgehead atoms. The first-order chi connectivity index (χ1) is 13.6. The van der Waals surface area contributed by atoms with Crippen LogP contribution in [0.15, 0.2) is 48.5 Å². The van der Waals surface area contributed by atoms with Crippen molar-refractivity contribution in [2.45, 2.75) is 33.1 Å². The monoisotopic (exact) mass is 379 g/mol. The molecule has 0 radical (unpaired) electrons. The van der Waals surface area contributed by atoms with Gasteiger partial charge in [-0.2, -0.15) is 0 Å². The Balaban J connectivity index is 1.58. The molecule has 0 aliphatic carbocycles. The summed E-state index contributed by atoms with van der Waals surface area (Å²) in [5.41, 5.74) is 3.81. The van der Waals surface area contributed by atoms with Crippen LogP contribution in [0.2, 0.25) is 0 Å². The molecule has 1 aliphatic rings. The standard InChI is InChI=1S/C23H29N3O2/c1-3-14-25(15-4-2)23(28)19-9-11-20(12-10-19)24-22(27)17-26-16-13-18-7-5-6-8-21(18)26/h5-12H,3-4,13-17H2,1-2H3,(H,24,27). The van der Waals surface area contributed by atoms with Crippen molar-refractivity contribution >= 4 is 23.2 Å². The third kappa shape index (κ3) is 4.71. The topological polar surface area (TPSA) is 52.7 Å². The van der Waals surface area contributed by atoms with E-state index >= 15 is 0 Å². The maximum absolute atomic E-state index is 12.6. The molecule has 1 aliphatic heterocycles. The molecule has 0 aromatic heterocycles. The summed E-state index contributed by atoms with van der Waals surface area (Å²) in [6, 6.07) is 15.4. The van der Waals surface area contributed by atoms with E-state index in [9.17, 15) is 9.59 Å². The molecule has 0 fully saturated rings. The highest BCUT2D eigenvalue weighted by molar-refractivity contribution is 5.97. The van der Waals surface area contributed by atoms with Crippen LogP contribution < -0.4 is 10.2 Å². The zero-order chi connectivity index (χ0) is 19.9. The molecule has 0 saturated heterocycles. The van der Waals surface area contributed by atoms with Crippen LogP contribution in [0, 0.1) is 0 Å². The molecule has 28 heavy (non-hydrogen) atoms. The molecule has 3 rings (SSSR count). The molecule has 0 atom stereocenters. The average Bonchev–Trinajstić information content (AvgIpc) is 3.11. The third-order valence-corrected chi connectivity index (χ3v) is 5.01. The van der Waals surface area contributed by atoms with Gasteiger partial charge in [0.15, 0.2) is 0 Å². The average molecular weight is 380 g/mol. The van der Waals surface area contributed by atoms with Gasteiger partial charge in [0.05, 0.1) is 6.54 Å². The van der Waals surface area contributed by atoms with Gasteiger partial charge in [-0.25, -0.2) is 0 Å². The summed E-state index contributed by atoms with van der Waals surface area (Å²) in [6.07, 6.45) is 2.87. The number of hydrogen-bond acceptors (Lipinski definition) is 3. The van der Waals surface area contributed by atoms with E-state index in [1.165, 1.54) is 5.56 Å². The largest absolute Gasteiger partial charge is 0.362 e. The van der Waals surface area contributed by atoms with Crippen LogP contribution in [0.25, 0.3) is 0 Å². The third-order valence-electron chi connectivity index (χ3n) is 5.01. The van der Waals surface area contributed by atoms with E-state index < -0.39 is 0 Å². The number of rotatable bonds is 8. The van der Waals surface area contributed by atoms with Crippen molar-refractivity contribution in [1.29, 1.82) is 0 Å². The minimum atomic E-state index is -0.0469. The highest BCUT2D eigenvalue weighted by Gasteiger charge is 2.20. The number of nitrogens with zero attached hydrogens (tertiary/aromatic N) is 2. The molecular weight excluding hydrogens is 350 g/mol. The Morgan fingerprint density at radius 3 is 2.36 bits per heavy atom. The van der Waals surface area contributed by atoms with Crippen LogP contribution in [0.4, 0.5) is 11.4 Å². The molecule has 1 heterocycles. The lowest BCUT2D eigenvalue weighted by molar-refractivity contribution is -0.115. The second kappa shape index (κ2) is 9.40. The second-order valence-electron chi connectivity index (χ2n) is 7.22. The summed E-state index contributed by atoms with van der Waals surface area (Å²) < 4.78 is 0. The second-order valence-corrected chi connectivity index (χ2v) is 7.22. The summed E-state index contributed by atoms with van der Waals surface area (Å²) in [7, 11) is 0. The fraction of sp³-hybridized carbons (Fsp3) is 0.391. The quantitative estimate of drug-likeness (QED) is 0.756. The molecule has 0 saturated carbocycles. The van der Waals surface area contributed by atoms with Crippen LogP contribution in [0.3, 0.4) is 0 Å². The van der Waals surface area contributed by atoms with Crippen LogP contribution in [-0.4, -0.2) is 42.9 Å². The molecule has 5 heteroatoms. The zero-order valence-corrected chi connectivity index (χ0v) is 16.8. The van der Waals surface area contributed by atoms with E-state index in [0.29, 0.717) is 17.8 Å². The highest BCUT2D eigenvalue weighted by Crippen LogP contribution is 2.27. The van der Waals surface area contributed by atoms with Gasteiger partial charge in [0, 0.05) is 36.6 Å². The van der Waals surface area contributed by atoms with Crippen molar-refractivity contribution in [1.82, 2.24) is 4.90 Å². The number of carbonyl (C=O) groups is 2. The van der Waals surface area contributed by atoms with Crippen molar-refractivity contribution in [2.75, 3.05) is 36.4 Å². The van der Waals surface area contributed by atoms with Crippen molar-refractivity contribution < 1.29 is 9.59 Å². The van der Waals surface area contributed by atoms with E-state index in [1.54, 1.807) is 24.3 Å². The lowest BCUT2D eigenvalue weighted by atomic mass is 10.1. The number of nitrogens with one attached hydrogen (secondary N) is 1. The molecule has 2 aromatic rings. The SMILES string of the molecule is CCCN(CCC)C(=O)c1ccc(NC(=O)CN2CCc3ccccc32)cc1. The molecule has 1 N–H and O–H groups in total. The Bertz CT molecular complexity index is 811. The number of hydrogen-bond donors (Lipinski definition) is 1. The zero-order valence-electron chi connectivity index (χ0n) is 16.8. The Morgan fingerprint density at radius 2 is 1.68 bits per heavy atom.